The molecule has 0 aromatic heterocycles. The molecule has 2 aliphatic heterocycles. The van der Waals surface area contributed by atoms with Crippen molar-refractivity contribution < 1.29 is 0 Å². The van der Waals surface area contributed by atoms with Gasteiger partial charge >= 0.3 is 0 Å². The Kier molecular flexibility index (Phi) is 4.16. The van der Waals surface area contributed by atoms with Gasteiger partial charge in [0.05, 0.1) is 0 Å². The number of rotatable bonds is 2. The number of likely N-dealkylation sites (N-methyl/N-ethyl adjacent to an activating group) is 1. The average Bonchev–Trinajstić information content (AvgIpc) is 2.48. The molecule has 1 aromatic carbocycles. The van der Waals surface area contributed by atoms with Gasteiger partial charge in [0.25, 0.3) is 0 Å². The molecule has 0 aliphatic carbocycles. The van der Waals surface area contributed by atoms with Gasteiger partial charge in [0, 0.05) is 25.7 Å². The fourth-order valence-electron chi connectivity index (χ4n) is 3.28. The molecule has 0 bridgehead atoms. The maximum absolute atomic E-state index is 3.61. The normalized spacial score (nSPS) is 26.5. The molecule has 0 radical (unpaired) electrons. The lowest BCUT2D eigenvalue weighted by Gasteiger charge is -2.31. The van der Waals surface area contributed by atoms with E-state index in [0.29, 0.717) is 6.04 Å². The lowest BCUT2D eigenvalue weighted by Crippen LogP contribution is -2.43. The molecule has 0 spiro atoms. The van der Waals surface area contributed by atoms with Crippen molar-refractivity contribution in [2.75, 3.05) is 39.8 Å². The Morgan fingerprint density at radius 3 is 2.37 bits per heavy atom. The molecule has 2 heterocycles. The highest BCUT2D eigenvalue weighted by Gasteiger charge is 2.19. The Balaban J connectivity index is 1.67. The number of piperidine rings is 1. The third-order valence-electron chi connectivity index (χ3n) is 4.53. The third kappa shape index (κ3) is 3.16. The van der Waals surface area contributed by atoms with Gasteiger partial charge in [-0.2, -0.15) is 0 Å². The number of nitrogens with one attached hydrogen (secondary N) is 2. The number of hydrogen-bond acceptors (Lipinski definition) is 3. The van der Waals surface area contributed by atoms with Gasteiger partial charge in [0.2, 0.25) is 0 Å². The molecule has 2 N–H and O–H groups in total. The molecule has 1 atom stereocenters. The van der Waals surface area contributed by atoms with Crippen LogP contribution in [0.5, 0.6) is 0 Å². The minimum atomic E-state index is 0.501. The fraction of sp³-hybridized carbons (Fsp3) is 0.625. The summed E-state index contributed by atoms with van der Waals surface area (Å²) in [4.78, 5) is 2.40. The summed E-state index contributed by atoms with van der Waals surface area (Å²) in [5, 5.41) is 7.05. The van der Waals surface area contributed by atoms with Gasteiger partial charge in [-0.25, -0.2) is 0 Å². The fourth-order valence-corrected chi connectivity index (χ4v) is 3.28. The summed E-state index contributed by atoms with van der Waals surface area (Å²) in [5.74, 6) is 0.761. The van der Waals surface area contributed by atoms with Crippen LogP contribution < -0.4 is 10.6 Å². The van der Waals surface area contributed by atoms with E-state index in [9.17, 15) is 0 Å². The van der Waals surface area contributed by atoms with Crippen LogP contribution in [-0.2, 0) is 0 Å². The summed E-state index contributed by atoms with van der Waals surface area (Å²) < 4.78 is 0. The first-order chi connectivity index (χ1) is 9.33. The lowest BCUT2D eigenvalue weighted by atomic mass is 9.89. The van der Waals surface area contributed by atoms with Gasteiger partial charge in [-0.1, -0.05) is 24.3 Å². The van der Waals surface area contributed by atoms with E-state index >= 15 is 0 Å². The summed E-state index contributed by atoms with van der Waals surface area (Å²) in [6.45, 7) is 5.70. The predicted octanol–water partition coefficient (Wildman–Crippen LogP) is 1.73. The van der Waals surface area contributed by atoms with Crippen molar-refractivity contribution in [2.45, 2.75) is 24.8 Å². The minimum absolute atomic E-state index is 0.501. The summed E-state index contributed by atoms with van der Waals surface area (Å²) in [6.07, 6.45) is 2.56. The van der Waals surface area contributed by atoms with Gasteiger partial charge in [0.15, 0.2) is 0 Å². The highest BCUT2D eigenvalue weighted by Crippen LogP contribution is 2.26. The van der Waals surface area contributed by atoms with Crippen LogP contribution in [0, 0.1) is 0 Å². The van der Waals surface area contributed by atoms with Crippen molar-refractivity contribution in [1.82, 2.24) is 15.5 Å². The molecule has 3 heteroatoms. The van der Waals surface area contributed by atoms with E-state index in [1.165, 1.54) is 37.1 Å². The summed E-state index contributed by atoms with van der Waals surface area (Å²) in [5.41, 5.74) is 2.96. The smallest absolute Gasteiger partial charge is 0.0449 e. The zero-order chi connectivity index (χ0) is 13.1. The quantitative estimate of drug-likeness (QED) is 0.847. The Bertz CT molecular complexity index is 395. The molecular formula is C16H25N3. The topological polar surface area (TPSA) is 27.3 Å². The Hall–Kier alpha value is -0.900. The van der Waals surface area contributed by atoms with Gasteiger partial charge < -0.3 is 15.5 Å². The lowest BCUT2D eigenvalue weighted by molar-refractivity contribution is 0.241. The van der Waals surface area contributed by atoms with Crippen LogP contribution in [0.1, 0.15) is 35.9 Å². The average molecular weight is 259 g/mol. The zero-order valence-corrected chi connectivity index (χ0v) is 11.9. The van der Waals surface area contributed by atoms with E-state index in [1.807, 2.05) is 0 Å². The van der Waals surface area contributed by atoms with Crippen LogP contribution in [0.2, 0.25) is 0 Å². The molecule has 3 rings (SSSR count). The van der Waals surface area contributed by atoms with E-state index in [-0.39, 0.29) is 0 Å². The number of benzene rings is 1. The molecule has 19 heavy (non-hydrogen) atoms. The van der Waals surface area contributed by atoms with Crippen molar-refractivity contribution in [3.63, 3.8) is 0 Å². The SMILES string of the molecule is CN1CCNC(c2ccc(C3CCNCC3)cc2)C1. The highest BCUT2D eigenvalue weighted by atomic mass is 15.2. The first-order valence-electron chi connectivity index (χ1n) is 7.55. The van der Waals surface area contributed by atoms with E-state index in [1.54, 1.807) is 0 Å². The Labute approximate surface area is 116 Å². The van der Waals surface area contributed by atoms with E-state index in [2.05, 4.69) is 46.8 Å². The standard InChI is InChI=1S/C16H25N3/c1-19-11-10-18-16(12-19)15-4-2-13(3-5-15)14-6-8-17-9-7-14/h2-5,14,16-18H,6-12H2,1H3. The van der Waals surface area contributed by atoms with Crippen molar-refractivity contribution in [1.29, 1.82) is 0 Å². The van der Waals surface area contributed by atoms with Crippen LogP contribution >= 0.6 is 0 Å². The number of nitrogens with zero attached hydrogens (tertiary/aromatic N) is 1. The van der Waals surface area contributed by atoms with E-state index < -0.39 is 0 Å². The molecule has 0 amide bonds. The Morgan fingerprint density at radius 2 is 1.68 bits per heavy atom. The van der Waals surface area contributed by atoms with Gasteiger partial charge in [-0.05, 0) is 50.0 Å². The third-order valence-corrected chi connectivity index (χ3v) is 4.53. The largest absolute Gasteiger partial charge is 0.317 e. The molecule has 0 saturated carbocycles. The Morgan fingerprint density at radius 1 is 1.00 bits per heavy atom. The van der Waals surface area contributed by atoms with Crippen LogP contribution in [0.25, 0.3) is 0 Å². The van der Waals surface area contributed by atoms with Gasteiger partial charge in [0.1, 0.15) is 0 Å². The molecule has 2 fully saturated rings. The molecule has 2 aliphatic rings. The first-order valence-corrected chi connectivity index (χ1v) is 7.55. The number of hydrogen-bond donors (Lipinski definition) is 2. The second-order valence-electron chi connectivity index (χ2n) is 5.96. The van der Waals surface area contributed by atoms with E-state index in [0.717, 1.165) is 25.6 Å². The summed E-state index contributed by atoms with van der Waals surface area (Å²) in [6, 6.07) is 9.85. The molecule has 3 nitrogen and oxygen atoms in total. The summed E-state index contributed by atoms with van der Waals surface area (Å²) in [7, 11) is 2.21. The molecule has 1 unspecified atom stereocenters. The summed E-state index contributed by atoms with van der Waals surface area (Å²) >= 11 is 0. The van der Waals surface area contributed by atoms with Gasteiger partial charge in [-0.15, -0.1) is 0 Å². The van der Waals surface area contributed by atoms with Crippen LogP contribution in [0.4, 0.5) is 0 Å². The van der Waals surface area contributed by atoms with Crippen molar-refractivity contribution in [2.24, 2.45) is 0 Å². The van der Waals surface area contributed by atoms with Gasteiger partial charge in [-0.3, -0.25) is 0 Å². The molecular weight excluding hydrogens is 234 g/mol. The van der Waals surface area contributed by atoms with Crippen LogP contribution in [-0.4, -0.2) is 44.7 Å². The minimum Gasteiger partial charge on any atom is -0.317 e. The van der Waals surface area contributed by atoms with Crippen molar-refractivity contribution in [3.05, 3.63) is 35.4 Å². The van der Waals surface area contributed by atoms with Crippen LogP contribution in [0.15, 0.2) is 24.3 Å². The molecule has 104 valence electrons. The van der Waals surface area contributed by atoms with E-state index in [4.69, 9.17) is 0 Å². The first kappa shape index (κ1) is 13.1. The maximum Gasteiger partial charge on any atom is 0.0449 e. The van der Waals surface area contributed by atoms with Crippen molar-refractivity contribution >= 4 is 0 Å². The monoisotopic (exact) mass is 259 g/mol. The second kappa shape index (κ2) is 6.04. The van der Waals surface area contributed by atoms with Crippen molar-refractivity contribution in [3.8, 4) is 0 Å². The number of piperazine rings is 1. The molecule has 2 saturated heterocycles. The van der Waals surface area contributed by atoms with Crippen LogP contribution in [0.3, 0.4) is 0 Å². The zero-order valence-electron chi connectivity index (χ0n) is 11.9. The second-order valence-corrected chi connectivity index (χ2v) is 5.96. The molecule has 1 aromatic rings. The predicted molar refractivity (Wildman–Crippen MR) is 79.5 cm³/mol. The highest BCUT2D eigenvalue weighted by molar-refractivity contribution is 5.28. The maximum atomic E-state index is 3.61.